The summed E-state index contributed by atoms with van der Waals surface area (Å²) in [6.45, 7) is 0. The summed E-state index contributed by atoms with van der Waals surface area (Å²) in [5, 5.41) is 17.3. The molecule has 1 atom stereocenters. The van der Waals surface area contributed by atoms with Crippen LogP contribution in [0.4, 0.5) is 0 Å². The molecule has 0 spiro atoms. The molecule has 0 aromatic heterocycles. The highest BCUT2D eigenvalue weighted by Crippen LogP contribution is 2.17. The summed E-state index contributed by atoms with van der Waals surface area (Å²) < 4.78 is 0. The second-order valence-electron chi connectivity index (χ2n) is 2.90. The SMILES string of the molecule is N#Cc1ccccc1C(N)CC(=O)O. The van der Waals surface area contributed by atoms with Gasteiger partial charge in [-0.25, -0.2) is 0 Å². The second kappa shape index (κ2) is 4.40. The molecule has 4 nitrogen and oxygen atoms in total. The molecule has 0 aliphatic heterocycles. The second-order valence-corrected chi connectivity index (χ2v) is 2.90. The van der Waals surface area contributed by atoms with E-state index in [9.17, 15) is 4.79 Å². The van der Waals surface area contributed by atoms with Crippen molar-refractivity contribution in [3.63, 3.8) is 0 Å². The number of carbonyl (C=O) groups is 1. The van der Waals surface area contributed by atoms with Crippen molar-refractivity contribution in [1.82, 2.24) is 0 Å². The third kappa shape index (κ3) is 2.31. The maximum Gasteiger partial charge on any atom is 0.305 e. The van der Waals surface area contributed by atoms with Crippen molar-refractivity contribution >= 4 is 5.97 Å². The maximum absolute atomic E-state index is 10.4. The van der Waals surface area contributed by atoms with E-state index in [-0.39, 0.29) is 6.42 Å². The van der Waals surface area contributed by atoms with Crippen molar-refractivity contribution in [3.8, 4) is 6.07 Å². The van der Waals surface area contributed by atoms with Crippen LogP contribution >= 0.6 is 0 Å². The first-order valence-corrected chi connectivity index (χ1v) is 4.11. The highest BCUT2D eigenvalue weighted by atomic mass is 16.4. The van der Waals surface area contributed by atoms with Crippen LogP contribution in [-0.4, -0.2) is 11.1 Å². The van der Waals surface area contributed by atoms with Crippen LogP contribution in [0.25, 0.3) is 0 Å². The summed E-state index contributed by atoms with van der Waals surface area (Å²) in [6.07, 6.45) is -0.168. The third-order valence-corrected chi connectivity index (χ3v) is 1.88. The normalized spacial score (nSPS) is 11.7. The van der Waals surface area contributed by atoms with Gasteiger partial charge >= 0.3 is 5.97 Å². The van der Waals surface area contributed by atoms with Crippen molar-refractivity contribution in [2.24, 2.45) is 5.73 Å². The van der Waals surface area contributed by atoms with Gasteiger partial charge in [-0.3, -0.25) is 4.79 Å². The van der Waals surface area contributed by atoms with E-state index in [4.69, 9.17) is 16.1 Å². The minimum absolute atomic E-state index is 0.168. The van der Waals surface area contributed by atoms with Crippen LogP contribution in [0.15, 0.2) is 24.3 Å². The molecule has 0 heterocycles. The van der Waals surface area contributed by atoms with Gasteiger partial charge in [-0.15, -0.1) is 0 Å². The van der Waals surface area contributed by atoms with Crippen molar-refractivity contribution < 1.29 is 9.90 Å². The fourth-order valence-corrected chi connectivity index (χ4v) is 1.22. The first-order valence-electron chi connectivity index (χ1n) is 4.11. The number of benzene rings is 1. The molecule has 0 amide bonds. The zero-order chi connectivity index (χ0) is 10.6. The lowest BCUT2D eigenvalue weighted by Crippen LogP contribution is -2.16. The van der Waals surface area contributed by atoms with Gasteiger partial charge in [-0.1, -0.05) is 18.2 Å². The quantitative estimate of drug-likeness (QED) is 0.745. The molecule has 0 aliphatic rings. The first kappa shape index (κ1) is 10.2. The summed E-state index contributed by atoms with van der Waals surface area (Å²) in [6, 6.07) is 8.10. The van der Waals surface area contributed by atoms with E-state index in [0.29, 0.717) is 11.1 Å². The molecule has 72 valence electrons. The standard InChI is InChI=1S/C10H10N2O2/c11-6-7-3-1-2-4-8(7)9(12)5-10(13)14/h1-4,9H,5,12H2,(H,13,14). The Morgan fingerprint density at radius 3 is 2.79 bits per heavy atom. The lowest BCUT2D eigenvalue weighted by atomic mass is 9.99. The van der Waals surface area contributed by atoms with Crippen LogP contribution in [0.1, 0.15) is 23.6 Å². The van der Waals surface area contributed by atoms with Crippen molar-refractivity contribution in [3.05, 3.63) is 35.4 Å². The lowest BCUT2D eigenvalue weighted by molar-refractivity contribution is -0.137. The Morgan fingerprint density at radius 2 is 2.21 bits per heavy atom. The Bertz CT molecular complexity index is 382. The highest BCUT2D eigenvalue weighted by Gasteiger charge is 2.13. The number of aliphatic carboxylic acids is 1. The van der Waals surface area contributed by atoms with Gasteiger partial charge in [0, 0.05) is 6.04 Å². The summed E-state index contributed by atoms with van der Waals surface area (Å²) in [7, 11) is 0. The van der Waals surface area contributed by atoms with Crippen LogP contribution in [0.5, 0.6) is 0 Å². The minimum Gasteiger partial charge on any atom is -0.481 e. The molecule has 1 aromatic rings. The molecule has 1 unspecified atom stereocenters. The smallest absolute Gasteiger partial charge is 0.305 e. The van der Waals surface area contributed by atoms with Gasteiger partial charge in [0.25, 0.3) is 0 Å². The Kier molecular flexibility index (Phi) is 3.21. The molecule has 3 N–H and O–H groups in total. The fraction of sp³-hybridized carbons (Fsp3) is 0.200. The highest BCUT2D eigenvalue weighted by molar-refractivity contribution is 5.68. The predicted molar refractivity (Wildman–Crippen MR) is 50.3 cm³/mol. The number of hydrogen-bond acceptors (Lipinski definition) is 3. The first-order chi connectivity index (χ1) is 6.65. The number of hydrogen-bond donors (Lipinski definition) is 2. The predicted octanol–water partition coefficient (Wildman–Crippen LogP) is 1.03. The van der Waals surface area contributed by atoms with Gasteiger partial charge in [0.05, 0.1) is 18.1 Å². The topological polar surface area (TPSA) is 87.1 Å². The zero-order valence-electron chi connectivity index (χ0n) is 7.47. The van der Waals surface area contributed by atoms with Gasteiger partial charge in [0.15, 0.2) is 0 Å². The van der Waals surface area contributed by atoms with E-state index < -0.39 is 12.0 Å². The summed E-state index contributed by atoms with van der Waals surface area (Å²) in [5.41, 5.74) is 6.65. The number of carboxylic acid groups (broad SMARTS) is 1. The number of nitrogens with two attached hydrogens (primary N) is 1. The monoisotopic (exact) mass is 190 g/mol. The average Bonchev–Trinajstić information content (AvgIpc) is 2.16. The van der Waals surface area contributed by atoms with Gasteiger partial charge < -0.3 is 10.8 Å². The van der Waals surface area contributed by atoms with Gasteiger partial charge in [0.2, 0.25) is 0 Å². The Hall–Kier alpha value is -1.86. The average molecular weight is 190 g/mol. The molecule has 0 fully saturated rings. The number of carboxylic acids is 1. The van der Waals surface area contributed by atoms with E-state index in [1.54, 1.807) is 24.3 Å². The van der Waals surface area contributed by atoms with Crippen LogP contribution in [0.2, 0.25) is 0 Å². The van der Waals surface area contributed by atoms with E-state index in [1.807, 2.05) is 6.07 Å². The molecule has 4 heteroatoms. The third-order valence-electron chi connectivity index (χ3n) is 1.88. The van der Waals surface area contributed by atoms with Crippen LogP contribution < -0.4 is 5.73 Å². The molecule has 14 heavy (non-hydrogen) atoms. The van der Waals surface area contributed by atoms with Crippen molar-refractivity contribution in [2.45, 2.75) is 12.5 Å². The van der Waals surface area contributed by atoms with Gasteiger partial charge in [-0.05, 0) is 11.6 Å². The number of nitrogens with zero attached hydrogens (tertiary/aromatic N) is 1. The van der Waals surface area contributed by atoms with E-state index in [1.165, 1.54) is 0 Å². The fourth-order valence-electron chi connectivity index (χ4n) is 1.22. The summed E-state index contributed by atoms with van der Waals surface area (Å²) in [4.78, 5) is 10.4. The number of rotatable bonds is 3. The van der Waals surface area contributed by atoms with E-state index in [0.717, 1.165) is 0 Å². The largest absolute Gasteiger partial charge is 0.481 e. The van der Waals surface area contributed by atoms with E-state index >= 15 is 0 Å². The Balaban J connectivity index is 2.95. The van der Waals surface area contributed by atoms with E-state index in [2.05, 4.69) is 0 Å². The van der Waals surface area contributed by atoms with Gasteiger partial charge in [0.1, 0.15) is 0 Å². The molecule has 0 radical (unpaired) electrons. The Labute approximate surface area is 81.6 Å². The molecule has 0 bridgehead atoms. The van der Waals surface area contributed by atoms with Crippen molar-refractivity contribution in [2.75, 3.05) is 0 Å². The Morgan fingerprint density at radius 1 is 1.57 bits per heavy atom. The lowest BCUT2D eigenvalue weighted by Gasteiger charge is -2.10. The number of nitriles is 1. The molecule has 0 saturated carbocycles. The van der Waals surface area contributed by atoms with Gasteiger partial charge in [-0.2, -0.15) is 5.26 Å². The summed E-state index contributed by atoms with van der Waals surface area (Å²) in [5.74, 6) is -0.967. The maximum atomic E-state index is 10.4. The minimum atomic E-state index is -0.967. The summed E-state index contributed by atoms with van der Waals surface area (Å²) >= 11 is 0. The van der Waals surface area contributed by atoms with Crippen LogP contribution in [0, 0.1) is 11.3 Å². The molecular formula is C10H10N2O2. The van der Waals surface area contributed by atoms with Crippen LogP contribution in [0.3, 0.4) is 0 Å². The molecular weight excluding hydrogens is 180 g/mol. The zero-order valence-corrected chi connectivity index (χ0v) is 7.47. The molecule has 1 rings (SSSR count). The molecule has 0 aliphatic carbocycles. The van der Waals surface area contributed by atoms with Crippen LogP contribution in [-0.2, 0) is 4.79 Å². The van der Waals surface area contributed by atoms with Crippen molar-refractivity contribution in [1.29, 1.82) is 5.26 Å². The molecule has 0 saturated heterocycles. The molecule has 1 aromatic carbocycles.